The van der Waals surface area contributed by atoms with Gasteiger partial charge >= 0.3 is 0 Å². The number of rotatable bonds is 13. The molecule has 1 atom stereocenters. The topological polar surface area (TPSA) is 55.4 Å². The van der Waals surface area contributed by atoms with Crippen molar-refractivity contribution in [1.29, 1.82) is 0 Å². The molecule has 210 valence electrons. The van der Waals surface area contributed by atoms with Crippen LogP contribution in [0.5, 0.6) is 0 Å². The second-order valence-electron chi connectivity index (χ2n) is 10.1. The highest BCUT2D eigenvalue weighted by Crippen LogP contribution is 2.14. The molecular weight excluding hydrogens is 464 g/mol. The van der Waals surface area contributed by atoms with Gasteiger partial charge in [-0.1, -0.05) is 107 Å². The lowest BCUT2D eigenvalue weighted by Gasteiger charge is -2.11. The Morgan fingerprint density at radius 1 is 0.868 bits per heavy atom. The zero-order valence-corrected chi connectivity index (χ0v) is 25.4. The summed E-state index contributed by atoms with van der Waals surface area (Å²) in [5, 5.41) is 0. The minimum atomic E-state index is 0.141. The molecule has 0 saturated carbocycles. The van der Waals surface area contributed by atoms with Crippen molar-refractivity contribution in [1.82, 2.24) is 0 Å². The maximum Gasteiger partial charge on any atom is 0.159 e. The van der Waals surface area contributed by atoms with Crippen LogP contribution in [-0.4, -0.2) is 18.5 Å². The maximum atomic E-state index is 11.0. The quantitative estimate of drug-likeness (QED) is 0.212. The van der Waals surface area contributed by atoms with Crippen molar-refractivity contribution < 1.29 is 4.79 Å². The van der Waals surface area contributed by atoms with E-state index in [1.807, 2.05) is 37.3 Å². The molecule has 2 aromatic rings. The first-order valence-corrected chi connectivity index (χ1v) is 14.4. The maximum absolute atomic E-state index is 11.0. The van der Waals surface area contributed by atoms with Crippen molar-refractivity contribution in [2.45, 2.75) is 99.8 Å². The third-order valence-electron chi connectivity index (χ3n) is 6.30. The average molecular weight is 519 g/mol. The Bertz CT molecular complexity index is 952. The van der Waals surface area contributed by atoms with E-state index in [0.29, 0.717) is 0 Å². The van der Waals surface area contributed by atoms with Crippen molar-refractivity contribution >= 4 is 17.6 Å². The number of unbranched alkanes of at least 4 members (excludes halogenated alkanes) is 2. The number of aryl methyl sites for hydroxylation is 2. The van der Waals surface area contributed by atoms with Gasteiger partial charge in [0.25, 0.3) is 0 Å². The van der Waals surface area contributed by atoms with Gasteiger partial charge in [-0.15, -0.1) is 0 Å². The van der Waals surface area contributed by atoms with Gasteiger partial charge in [-0.05, 0) is 88.6 Å². The monoisotopic (exact) mass is 518 g/mol. The molecule has 0 saturated heterocycles. The van der Waals surface area contributed by atoms with Crippen LogP contribution in [0.4, 0.5) is 0 Å². The Balaban J connectivity index is 0.000000553. The summed E-state index contributed by atoms with van der Waals surface area (Å²) in [6.07, 6.45) is 13.9. The number of hydrogen-bond donors (Lipinski definition) is 1. The zero-order chi connectivity index (χ0) is 28.8. The Labute approximate surface area is 234 Å². The number of carbonyl (C=O) groups excluding carboxylic acids is 1. The van der Waals surface area contributed by atoms with Crippen LogP contribution in [0, 0.1) is 12.8 Å². The van der Waals surface area contributed by atoms with Crippen LogP contribution in [0.1, 0.15) is 114 Å². The van der Waals surface area contributed by atoms with Crippen molar-refractivity contribution in [2.24, 2.45) is 16.6 Å². The van der Waals surface area contributed by atoms with Gasteiger partial charge in [0.2, 0.25) is 0 Å². The van der Waals surface area contributed by atoms with Crippen LogP contribution < -0.4 is 5.73 Å². The smallest absolute Gasteiger partial charge is 0.159 e. The molecule has 3 heteroatoms. The Morgan fingerprint density at radius 2 is 1.45 bits per heavy atom. The minimum absolute atomic E-state index is 0.141. The Kier molecular flexibility index (Phi) is 20.6. The molecule has 0 fully saturated rings. The molecule has 0 spiro atoms. The van der Waals surface area contributed by atoms with Crippen LogP contribution in [-0.2, 0) is 6.42 Å². The van der Waals surface area contributed by atoms with Crippen LogP contribution in [0.3, 0.4) is 0 Å². The van der Waals surface area contributed by atoms with Crippen molar-refractivity contribution in [2.75, 3.05) is 6.54 Å². The van der Waals surface area contributed by atoms with Crippen LogP contribution in [0.15, 0.2) is 71.9 Å². The first-order valence-electron chi connectivity index (χ1n) is 14.4. The lowest BCUT2D eigenvalue weighted by molar-refractivity contribution is 0.101. The number of hydrogen-bond acceptors (Lipinski definition) is 3. The van der Waals surface area contributed by atoms with Gasteiger partial charge in [0.1, 0.15) is 0 Å². The molecule has 0 aliphatic carbocycles. The fourth-order valence-corrected chi connectivity index (χ4v) is 3.76. The second kappa shape index (κ2) is 22.2. The van der Waals surface area contributed by atoms with Crippen molar-refractivity contribution in [3.63, 3.8) is 0 Å². The molecule has 0 aromatic heterocycles. The fourth-order valence-electron chi connectivity index (χ4n) is 3.76. The number of benzene rings is 2. The first kappa shape index (κ1) is 35.2. The van der Waals surface area contributed by atoms with Crippen LogP contribution >= 0.6 is 0 Å². The van der Waals surface area contributed by atoms with E-state index in [-0.39, 0.29) is 5.78 Å². The van der Waals surface area contributed by atoms with E-state index in [9.17, 15) is 4.79 Å². The van der Waals surface area contributed by atoms with Gasteiger partial charge < -0.3 is 5.73 Å². The van der Waals surface area contributed by atoms with Crippen molar-refractivity contribution in [3.05, 3.63) is 89.1 Å². The van der Waals surface area contributed by atoms with Crippen LogP contribution in [0.2, 0.25) is 0 Å². The van der Waals surface area contributed by atoms with Gasteiger partial charge in [0.15, 0.2) is 5.78 Å². The van der Waals surface area contributed by atoms with E-state index < -0.39 is 0 Å². The van der Waals surface area contributed by atoms with E-state index in [0.717, 1.165) is 30.1 Å². The molecule has 0 unspecified atom stereocenters. The molecule has 0 heterocycles. The molecule has 3 nitrogen and oxygen atoms in total. The SMILES string of the molecule is C=C(C)N=C/C=C(\C)c1ccc(C)cc1.CCCC[C@H](CN)CCC.CCCCc1ccc(C(C)=O)cc1. The highest BCUT2D eigenvalue weighted by atomic mass is 16.1. The van der Waals surface area contributed by atoms with E-state index in [1.165, 1.54) is 67.2 Å². The third-order valence-corrected chi connectivity index (χ3v) is 6.30. The standard InChI is InChI=1S/C14H17N.C12H16O.C9H21N/c1-11(2)15-10-9-13(4)14-7-5-12(3)6-8-14;1-3-4-5-11-6-8-12(9-7-11)10(2)13;1-3-5-7-9(8-10)6-4-2/h5-10H,1H2,2-4H3;6-9H,3-5H2,1-2H3;9H,3-8,10H2,1-2H3/b13-9+,15-10?;;/t;;9-/m..1/s1. The largest absolute Gasteiger partial charge is 0.330 e. The van der Waals surface area contributed by atoms with E-state index >= 15 is 0 Å². The van der Waals surface area contributed by atoms with Gasteiger partial charge in [0.05, 0.1) is 0 Å². The highest BCUT2D eigenvalue weighted by Gasteiger charge is 2.03. The summed E-state index contributed by atoms with van der Waals surface area (Å²) in [5.41, 5.74) is 12.3. The molecule has 2 rings (SSSR count). The number of ketones is 1. The van der Waals surface area contributed by atoms with Crippen LogP contribution in [0.25, 0.3) is 5.57 Å². The third kappa shape index (κ3) is 17.6. The predicted molar refractivity (Wildman–Crippen MR) is 170 cm³/mol. The molecule has 38 heavy (non-hydrogen) atoms. The molecule has 0 aliphatic heterocycles. The molecule has 2 aromatic carbocycles. The Hall–Kier alpha value is -2.78. The summed E-state index contributed by atoms with van der Waals surface area (Å²) in [6.45, 7) is 18.9. The number of Topliss-reactive ketones (excluding diaryl/α,β-unsaturated/α-hetero) is 1. The lowest BCUT2D eigenvalue weighted by Crippen LogP contribution is -2.13. The summed E-state index contributed by atoms with van der Waals surface area (Å²) in [4.78, 5) is 15.1. The fraction of sp³-hybridized carbons (Fsp3) is 0.486. The summed E-state index contributed by atoms with van der Waals surface area (Å²) in [6, 6.07) is 16.4. The normalized spacial score (nSPS) is 11.7. The summed E-state index contributed by atoms with van der Waals surface area (Å²) in [7, 11) is 0. The van der Waals surface area contributed by atoms with E-state index in [2.05, 4.69) is 70.5 Å². The number of allylic oxidation sites excluding steroid dienone is 3. The van der Waals surface area contributed by atoms with Gasteiger partial charge in [0, 0.05) is 17.5 Å². The molecule has 0 amide bonds. The first-order chi connectivity index (χ1) is 18.2. The van der Waals surface area contributed by atoms with Crippen molar-refractivity contribution in [3.8, 4) is 0 Å². The molecular formula is C35H54N2O. The highest BCUT2D eigenvalue weighted by molar-refractivity contribution is 5.94. The van der Waals surface area contributed by atoms with Gasteiger partial charge in [-0.3, -0.25) is 9.79 Å². The Morgan fingerprint density at radius 3 is 1.92 bits per heavy atom. The number of carbonyl (C=O) groups is 1. The van der Waals surface area contributed by atoms with Gasteiger partial charge in [-0.25, -0.2) is 0 Å². The number of nitrogens with zero attached hydrogens (tertiary/aromatic N) is 1. The van der Waals surface area contributed by atoms with E-state index in [1.54, 1.807) is 13.1 Å². The predicted octanol–water partition coefficient (Wildman–Crippen LogP) is 9.79. The van der Waals surface area contributed by atoms with E-state index in [4.69, 9.17) is 5.73 Å². The molecule has 0 bridgehead atoms. The molecule has 2 N–H and O–H groups in total. The molecule has 0 aliphatic rings. The summed E-state index contributed by atoms with van der Waals surface area (Å²) >= 11 is 0. The zero-order valence-electron chi connectivity index (χ0n) is 25.4. The lowest BCUT2D eigenvalue weighted by atomic mass is 9.98. The second-order valence-corrected chi connectivity index (χ2v) is 10.1. The number of aliphatic imine (C=N–C) groups is 1. The number of nitrogens with two attached hydrogens (primary N) is 1. The average Bonchev–Trinajstić information content (AvgIpc) is 2.91. The van der Waals surface area contributed by atoms with Gasteiger partial charge in [-0.2, -0.15) is 0 Å². The summed E-state index contributed by atoms with van der Waals surface area (Å²) < 4.78 is 0. The molecule has 0 radical (unpaired) electrons. The summed E-state index contributed by atoms with van der Waals surface area (Å²) in [5.74, 6) is 0.937. The minimum Gasteiger partial charge on any atom is -0.330 e.